The topological polar surface area (TPSA) is 131 Å². The fourth-order valence-corrected chi connectivity index (χ4v) is 2.24. The number of amides is 1. The van der Waals surface area contributed by atoms with Crippen LogP contribution in [-0.4, -0.2) is 67.6 Å². The molecule has 10 nitrogen and oxygen atoms in total. The van der Waals surface area contributed by atoms with E-state index in [0.717, 1.165) is 4.90 Å². The third-order valence-electron chi connectivity index (χ3n) is 3.26. The van der Waals surface area contributed by atoms with Gasteiger partial charge in [-0.2, -0.15) is 17.7 Å². The van der Waals surface area contributed by atoms with Gasteiger partial charge in [0.2, 0.25) is 6.29 Å². The van der Waals surface area contributed by atoms with E-state index in [0.29, 0.717) is 6.20 Å². The number of rotatable bonds is 5. The first kappa shape index (κ1) is 18.1. The normalized spacial score (nSPS) is 20.3. The Balaban J connectivity index is 2.16. The highest BCUT2D eigenvalue weighted by atomic mass is 19.4. The van der Waals surface area contributed by atoms with Gasteiger partial charge < -0.3 is 30.0 Å². The Morgan fingerprint density at radius 3 is 2.75 bits per heavy atom. The molecule has 1 amide bonds. The zero-order valence-electron chi connectivity index (χ0n) is 12.0. The van der Waals surface area contributed by atoms with Crippen LogP contribution in [0.2, 0.25) is 0 Å². The Bertz CT molecular complexity index is 634. The minimum Gasteiger partial charge on any atom is -0.387 e. The minimum atomic E-state index is -4.95. The minimum absolute atomic E-state index is 0.0152. The Hall–Kier alpha value is -2.25. The number of nitrogens with zero attached hydrogens (tertiary/aromatic N) is 4. The van der Waals surface area contributed by atoms with E-state index in [-0.39, 0.29) is 17.7 Å². The number of carbonyl (C=O) groups is 1. The predicted octanol–water partition coefficient (Wildman–Crippen LogP) is -0.652. The number of aliphatic hydroxyl groups excluding tert-OH is 2. The first-order chi connectivity index (χ1) is 11.1. The largest absolute Gasteiger partial charge is 0.473 e. The number of β-amino-alcohol motifs (C(OH)–C–C–N with tert-alkyl or cyclic N) is 1. The number of alkyl halides is 3. The van der Waals surface area contributed by atoms with Crippen molar-refractivity contribution in [2.45, 2.75) is 25.1 Å². The van der Waals surface area contributed by atoms with Crippen molar-refractivity contribution in [1.29, 1.82) is 0 Å². The maximum Gasteiger partial charge on any atom is 0.473 e. The van der Waals surface area contributed by atoms with Crippen molar-refractivity contribution < 1.29 is 37.8 Å². The van der Waals surface area contributed by atoms with Gasteiger partial charge in [-0.1, -0.05) is 0 Å². The number of halogens is 3. The summed E-state index contributed by atoms with van der Waals surface area (Å²) in [6.07, 6.45) is -7.76. The van der Waals surface area contributed by atoms with Gasteiger partial charge >= 0.3 is 17.8 Å². The van der Waals surface area contributed by atoms with Crippen molar-refractivity contribution in [2.24, 2.45) is 0 Å². The highest BCUT2D eigenvalue weighted by molar-refractivity contribution is 5.79. The number of imidazole rings is 1. The zero-order valence-corrected chi connectivity index (χ0v) is 12.0. The maximum absolute atomic E-state index is 12.8. The highest BCUT2D eigenvalue weighted by Gasteiger charge is 2.43. The van der Waals surface area contributed by atoms with E-state index < -0.39 is 54.1 Å². The monoisotopic (exact) mass is 354 g/mol. The summed E-state index contributed by atoms with van der Waals surface area (Å²) in [5, 5.41) is 30.0. The van der Waals surface area contributed by atoms with Crippen molar-refractivity contribution in [1.82, 2.24) is 14.5 Å². The van der Waals surface area contributed by atoms with Crippen LogP contribution in [0.15, 0.2) is 6.20 Å². The Kier molecular flexibility index (Phi) is 5.05. The lowest BCUT2D eigenvalue weighted by Crippen LogP contribution is -2.50. The lowest BCUT2D eigenvalue weighted by atomic mass is 10.2. The van der Waals surface area contributed by atoms with Crippen LogP contribution < -0.4 is 0 Å². The number of morpholine rings is 1. The number of hydrogen-bond acceptors (Lipinski definition) is 7. The standard InChI is InChI=1S/C11H13F3N4O6/c12-11(13,14)10-15-3-7(18(22)23)17(10)5-6(19)4-16-1-2-24-9(21)8(16)20/h3,6,9,19,21H,1-2,4-5H2/t6-,9?/m0/s1. The highest BCUT2D eigenvalue weighted by Crippen LogP contribution is 2.31. The molecule has 0 saturated carbocycles. The van der Waals surface area contributed by atoms with Crippen LogP contribution in [0.5, 0.6) is 0 Å². The molecule has 0 radical (unpaired) electrons. The summed E-state index contributed by atoms with van der Waals surface area (Å²) < 4.78 is 43.4. The summed E-state index contributed by atoms with van der Waals surface area (Å²) in [5.41, 5.74) is 0. The lowest BCUT2D eigenvalue weighted by Gasteiger charge is -2.31. The molecular formula is C11H13F3N4O6. The second-order valence-corrected chi connectivity index (χ2v) is 4.97. The van der Waals surface area contributed by atoms with E-state index >= 15 is 0 Å². The van der Waals surface area contributed by atoms with Gasteiger partial charge in [-0.05, 0) is 4.92 Å². The number of ether oxygens (including phenoxy) is 1. The molecule has 2 rings (SSSR count). The van der Waals surface area contributed by atoms with Gasteiger partial charge in [0.1, 0.15) is 18.8 Å². The molecule has 1 aromatic heterocycles. The first-order valence-corrected chi connectivity index (χ1v) is 6.65. The average molecular weight is 354 g/mol. The third-order valence-corrected chi connectivity index (χ3v) is 3.26. The van der Waals surface area contributed by atoms with Crippen molar-refractivity contribution in [2.75, 3.05) is 19.7 Å². The van der Waals surface area contributed by atoms with Gasteiger partial charge in [-0.3, -0.25) is 4.79 Å². The SMILES string of the molecule is O=C1C(O)OCCN1C[C@H](O)Cn1c([N+](=O)[O-])cnc1C(F)(F)F. The molecule has 2 heterocycles. The smallest absolute Gasteiger partial charge is 0.387 e. The molecule has 1 saturated heterocycles. The number of hydrogen-bond donors (Lipinski definition) is 2. The van der Waals surface area contributed by atoms with Crippen LogP contribution in [0.1, 0.15) is 5.82 Å². The van der Waals surface area contributed by atoms with Crippen molar-refractivity contribution in [3.05, 3.63) is 22.1 Å². The molecule has 2 N–H and O–H groups in total. The summed E-state index contributed by atoms with van der Waals surface area (Å²) in [6.45, 7) is -1.22. The van der Waals surface area contributed by atoms with Gasteiger partial charge in [0.05, 0.1) is 13.2 Å². The molecule has 0 spiro atoms. The van der Waals surface area contributed by atoms with Crippen LogP contribution in [0.3, 0.4) is 0 Å². The Labute approximate surface area is 132 Å². The van der Waals surface area contributed by atoms with E-state index in [9.17, 15) is 38.3 Å². The van der Waals surface area contributed by atoms with E-state index in [2.05, 4.69) is 9.72 Å². The molecule has 13 heteroatoms. The summed E-state index contributed by atoms with van der Waals surface area (Å²) >= 11 is 0. The Morgan fingerprint density at radius 2 is 2.17 bits per heavy atom. The van der Waals surface area contributed by atoms with Crippen molar-refractivity contribution in [3.8, 4) is 0 Å². The molecule has 134 valence electrons. The van der Waals surface area contributed by atoms with Crippen LogP contribution in [0.4, 0.5) is 19.0 Å². The molecule has 2 atom stereocenters. The lowest BCUT2D eigenvalue weighted by molar-refractivity contribution is -0.392. The molecule has 0 aromatic carbocycles. The van der Waals surface area contributed by atoms with Gasteiger partial charge in [-0.25, -0.2) is 4.98 Å². The van der Waals surface area contributed by atoms with Crippen molar-refractivity contribution in [3.63, 3.8) is 0 Å². The molecule has 1 aliphatic heterocycles. The van der Waals surface area contributed by atoms with Gasteiger partial charge in [0.25, 0.3) is 5.91 Å². The predicted molar refractivity (Wildman–Crippen MR) is 68.4 cm³/mol. The van der Waals surface area contributed by atoms with Crippen molar-refractivity contribution >= 4 is 11.7 Å². The first-order valence-electron chi connectivity index (χ1n) is 6.65. The number of carbonyl (C=O) groups excluding carboxylic acids is 1. The zero-order chi connectivity index (χ0) is 18.1. The fourth-order valence-electron chi connectivity index (χ4n) is 2.24. The molecule has 1 unspecified atom stereocenters. The second kappa shape index (κ2) is 6.70. The third kappa shape index (κ3) is 3.80. The average Bonchev–Trinajstić information content (AvgIpc) is 2.87. The van der Waals surface area contributed by atoms with Crippen LogP contribution in [0, 0.1) is 10.1 Å². The molecule has 1 aliphatic rings. The van der Waals surface area contributed by atoms with Gasteiger partial charge in [-0.15, -0.1) is 0 Å². The number of aromatic nitrogens is 2. The molecular weight excluding hydrogens is 341 g/mol. The maximum atomic E-state index is 12.8. The fraction of sp³-hybridized carbons (Fsp3) is 0.636. The number of aliphatic hydroxyl groups is 2. The van der Waals surface area contributed by atoms with E-state index in [1.807, 2.05) is 0 Å². The van der Waals surface area contributed by atoms with E-state index in [1.54, 1.807) is 0 Å². The second-order valence-electron chi connectivity index (χ2n) is 4.97. The molecule has 24 heavy (non-hydrogen) atoms. The van der Waals surface area contributed by atoms with E-state index in [4.69, 9.17) is 0 Å². The molecule has 0 aliphatic carbocycles. The van der Waals surface area contributed by atoms with Crippen LogP contribution in [-0.2, 0) is 22.3 Å². The van der Waals surface area contributed by atoms with Crippen LogP contribution in [0.25, 0.3) is 0 Å². The summed E-state index contributed by atoms with van der Waals surface area (Å²) in [4.78, 5) is 25.3. The number of nitro groups is 1. The van der Waals surface area contributed by atoms with Gasteiger partial charge in [0.15, 0.2) is 0 Å². The molecule has 0 bridgehead atoms. The van der Waals surface area contributed by atoms with E-state index in [1.165, 1.54) is 0 Å². The summed E-state index contributed by atoms with van der Waals surface area (Å²) in [5.74, 6) is -3.31. The summed E-state index contributed by atoms with van der Waals surface area (Å²) in [6, 6.07) is 0. The molecule has 1 fully saturated rings. The quantitative estimate of drug-likeness (QED) is 0.530. The summed E-state index contributed by atoms with van der Waals surface area (Å²) in [7, 11) is 0. The van der Waals surface area contributed by atoms with Gasteiger partial charge in [0, 0.05) is 6.54 Å². The molecule has 1 aromatic rings. The Morgan fingerprint density at radius 1 is 1.50 bits per heavy atom. The van der Waals surface area contributed by atoms with Crippen LogP contribution >= 0.6 is 0 Å².